The van der Waals surface area contributed by atoms with Gasteiger partial charge in [0.15, 0.2) is 0 Å². The molecule has 8 heteroatoms. The highest BCUT2D eigenvalue weighted by molar-refractivity contribution is 8.06. The number of ether oxygens (including phenoxy) is 1. The Kier molecular flexibility index (Phi) is 5.79. The molecule has 0 aromatic heterocycles. The Labute approximate surface area is 162 Å². The van der Waals surface area contributed by atoms with Crippen LogP contribution in [0.4, 0.5) is 10.5 Å². The number of fused-ring (bicyclic) bond motifs is 1. The smallest absolute Gasteiger partial charge is 0.445 e. The minimum Gasteiger partial charge on any atom is -0.481 e. The Bertz CT molecular complexity index is 1010. The highest BCUT2D eigenvalue weighted by Gasteiger charge is 2.35. The first-order valence-corrected chi connectivity index (χ1v) is 10.1. The highest BCUT2D eigenvalue weighted by Crippen LogP contribution is 2.32. The zero-order chi connectivity index (χ0) is 20.1. The van der Waals surface area contributed by atoms with Gasteiger partial charge in [0.05, 0.1) is 12.2 Å². The van der Waals surface area contributed by atoms with Crippen LogP contribution >= 0.6 is 0 Å². The number of anilines is 1. The predicted octanol–water partition coefficient (Wildman–Crippen LogP) is 3.42. The molecule has 28 heavy (non-hydrogen) atoms. The van der Waals surface area contributed by atoms with Gasteiger partial charge in [-0.3, -0.25) is 9.10 Å². The van der Waals surface area contributed by atoms with E-state index in [9.17, 15) is 18.0 Å². The maximum Gasteiger partial charge on any atom is 0.445 e. The molecule has 1 heterocycles. The Hall–Kier alpha value is -3.13. The third kappa shape index (κ3) is 4.40. The molecule has 146 valence electrons. The molecule has 0 fully saturated rings. The quantitative estimate of drug-likeness (QED) is 0.745. The van der Waals surface area contributed by atoms with Crippen LogP contribution in [0.25, 0.3) is 6.08 Å². The van der Waals surface area contributed by atoms with Crippen LogP contribution in [-0.2, 0) is 26.2 Å². The summed E-state index contributed by atoms with van der Waals surface area (Å²) in [6.45, 7) is -0.247. The van der Waals surface area contributed by atoms with Gasteiger partial charge in [0.1, 0.15) is 6.61 Å². The number of carbonyl (C=O) groups is 2. The number of nitrogens with zero attached hydrogens (tertiary/aromatic N) is 1. The van der Waals surface area contributed by atoms with Gasteiger partial charge in [-0.1, -0.05) is 54.6 Å². The molecule has 0 saturated carbocycles. The number of aliphatic carboxylic acids is 1. The number of benzene rings is 2. The zero-order valence-electron chi connectivity index (χ0n) is 14.9. The summed E-state index contributed by atoms with van der Waals surface area (Å²) in [7, 11) is -4.43. The molecular weight excluding hydrogens is 382 g/mol. The van der Waals surface area contributed by atoms with Crippen LogP contribution in [0.3, 0.4) is 0 Å². The second-order valence-electron chi connectivity index (χ2n) is 6.29. The van der Waals surface area contributed by atoms with Crippen LogP contribution in [0.2, 0.25) is 0 Å². The first-order valence-electron chi connectivity index (χ1n) is 8.61. The summed E-state index contributed by atoms with van der Waals surface area (Å²) >= 11 is 0. The van der Waals surface area contributed by atoms with Gasteiger partial charge in [-0.05, 0) is 29.2 Å². The average Bonchev–Trinajstić information content (AvgIpc) is 2.70. The molecule has 0 unspecified atom stereocenters. The number of carboxylic acid groups (broad SMARTS) is 1. The van der Waals surface area contributed by atoms with Crippen molar-refractivity contribution in [2.24, 2.45) is 0 Å². The molecule has 7 nitrogen and oxygen atoms in total. The van der Waals surface area contributed by atoms with Gasteiger partial charge in [-0.25, -0.2) is 4.79 Å². The van der Waals surface area contributed by atoms with Crippen LogP contribution < -0.4 is 4.31 Å². The van der Waals surface area contributed by atoms with Crippen LogP contribution in [0.5, 0.6) is 0 Å². The van der Waals surface area contributed by atoms with E-state index in [4.69, 9.17) is 9.84 Å². The highest BCUT2D eigenvalue weighted by atomic mass is 32.2. The molecule has 0 bridgehead atoms. The van der Waals surface area contributed by atoms with E-state index in [1.165, 1.54) is 0 Å². The fourth-order valence-corrected chi connectivity index (χ4v) is 4.03. The van der Waals surface area contributed by atoms with E-state index in [-0.39, 0.29) is 26.0 Å². The fourth-order valence-electron chi connectivity index (χ4n) is 2.89. The molecule has 2 aromatic rings. The van der Waals surface area contributed by atoms with Crippen LogP contribution in [-0.4, -0.2) is 31.3 Å². The van der Waals surface area contributed by atoms with Crippen molar-refractivity contribution in [3.8, 4) is 0 Å². The lowest BCUT2D eigenvalue weighted by atomic mass is 10.0. The van der Waals surface area contributed by atoms with Gasteiger partial charge in [0, 0.05) is 6.42 Å². The molecule has 0 saturated heterocycles. The van der Waals surface area contributed by atoms with Gasteiger partial charge in [-0.2, -0.15) is 8.42 Å². The number of para-hydroxylation sites is 1. The largest absolute Gasteiger partial charge is 0.481 e. The van der Waals surface area contributed by atoms with Gasteiger partial charge in [0.2, 0.25) is 0 Å². The second-order valence-corrected chi connectivity index (χ2v) is 8.02. The second kappa shape index (κ2) is 8.26. The predicted molar refractivity (Wildman–Crippen MR) is 104 cm³/mol. The molecule has 1 N–H and O–H groups in total. The van der Waals surface area contributed by atoms with Crippen LogP contribution in [0, 0.1) is 0 Å². The number of hydrogen-bond acceptors (Lipinski definition) is 5. The number of rotatable bonds is 6. The zero-order valence-corrected chi connectivity index (χ0v) is 15.8. The molecular formula is C20H19NO6S. The van der Waals surface area contributed by atoms with E-state index >= 15 is 0 Å². The van der Waals surface area contributed by atoms with Crippen molar-refractivity contribution in [3.63, 3.8) is 0 Å². The van der Waals surface area contributed by atoms with Gasteiger partial charge in [-0.15, -0.1) is 0 Å². The van der Waals surface area contributed by atoms with E-state index in [2.05, 4.69) is 0 Å². The lowest BCUT2D eigenvalue weighted by Crippen LogP contribution is -2.39. The minimum absolute atomic E-state index is 0.0902. The summed E-state index contributed by atoms with van der Waals surface area (Å²) in [5.74, 6) is -0.976. The van der Waals surface area contributed by atoms with E-state index in [0.29, 0.717) is 22.4 Å². The Morgan fingerprint density at radius 3 is 2.43 bits per heavy atom. The molecule has 1 aliphatic heterocycles. The molecule has 0 radical (unpaired) electrons. The van der Waals surface area contributed by atoms with Crippen molar-refractivity contribution in [2.75, 3.05) is 10.8 Å². The summed E-state index contributed by atoms with van der Waals surface area (Å²) < 4.78 is 31.7. The maximum absolute atomic E-state index is 12.9. The monoisotopic (exact) mass is 401 g/mol. The molecule has 1 aliphatic rings. The lowest BCUT2D eigenvalue weighted by Gasteiger charge is -2.29. The van der Waals surface area contributed by atoms with Gasteiger partial charge in [0.25, 0.3) is 0 Å². The number of carboxylic acids is 1. The maximum atomic E-state index is 12.9. The Morgan fingerprint density at radius 2 is 1.71 bits per heavy atom. The molecule has 0 amide bonds. The SMILES string of the molecule is O=C(O)CCC1=Cc2ccccc2N(S(=O)(=O)C(=O)OCc2ccccc2)C1. The standard InChI is InChI=1S/C20H19NO6S/c22-19(23)11-10-16-12-17-8-4-5-9-18(17)21(13-16)28(25,26)20(24)27-14-15-6-2-1-3-7-15/h1-9,12H,10-11,13-14H2,(H,22,23). The molecule has 0 atom stereocenters. The Morgan fingerprint density at radius 1 is 1.04 bits per heavy atom. The van der Waals surface area contributed by atoms with E-state index < -0.39 is 21.3 Å². The fraction of sp³-hybridized carbons (Fsp3) is 0.200. The van der Waals surface area contributed by atoms with Crippen molar-refractivity contribution < 1.29 is 27.9 Å². The third-order valence-electron chi connectivity index (χ3n) is 4.27. The van der Waals surface area contributed by atoms with Crippen LogP contribution in [0.1, 0.15) is 24.0 Å². The lowest BCUT2D eigenvalue weighted by molar-refractivity contribution is -0.136. The van der Waals surface area contributed by atoms with Gasteiger partial charge >= 0.3 is 21.3 Å². The van der Waals surface area contributed by atoms with Crippen molar-refractivity contribution in [3.05, 3.63) is 71.3 Å². The Balaban J connectivity index is 1.82. The summed E-state index contributed by atoms with van der Waals surface area (Å²) in [5, 5.41) is 7.56. The molecule has 0 spiro atoms. The summed E-state index contributed by atoms with van der Waals surface area (Å²) in [6.07, 6.45) is 1.83. The van der Waals surface area contributed by atoms with Crippen molar-refractivity contribution in [1.82, 2.24) is 0 Å². The number of carbonyl (C=O) groups excluding carboxylic acids is 1. The molecule has 2 aromatic carbocycles. The summed E-state index contributed by atoms with van der Waals surface area (Å²) in [6, 6.07) is 15.5. The minimum atomic E-state index is -4.43. The number of hydrogen-bond donors (Lipinski definition) is 1. The molecule has 0 aliphatic carbocycles. The number of sulfonamides is 1. The first kappa shape index (κ1) is 19.6. The van der Waals surface area contributed by atoms with Crippen molar-refractivity contribution in [1.29, 1.82) is 0 Å². The summed E-state index contributed by atoms with van der Waals surface area (Å²) in [5.41, 5.74) is 2.25. The van der Waals surface area contributed by atoms with Gasteiger partial charge < -0.3 is 9.84 Å². The van der Waals surface area contributed by atoms with E-state index in [1.54, 1.807) is 60.7 Å². The summed E-state index contributed by atoms with van der Waals surface area (Å²) in [4.78, 5) is 23.2. The third-order valence-corrected chi connectivity index (χ3v) is 5.72. The van der Waals surface area contributed by atoms with Crippen molar-refractivity contribution in [2.45, 2.75) is 19.4 Å². The molecule has 3 rings (SSSR count). The topological polar surface area (TPSA) is 101 Å². The average molecular weight is 401 g/mol. The van der Waals surface area contributed by atoms with E-state index in [1.807, 2.05) is 0 Å². The first-order chi connectivity index (χ1) is 13.4. The normalized spacial score (nSPS) is 13.4. The van der Waals surface area contributed by atoms with E-state index in [0.717, 1.165) is 4.31 Å². The van der Waals surface area contributed by atoms with Crippen LogP contribution in [0.15, 0.2) is 60.2 Å². The van der Waals surface area contributed by atoms with Crippen molar-refractivity contribution >= 4 is 33.1 Å².